The first-order chi connectivity index (χ1) is 6.95. The summed E-state index contributed by atoms with van der Waals surface area (Å²) in [6.07, 6.45) is 7.10. The van der Waals surface area contributed by atoms with E-state index in [9.17, 15) is 0 Å². The van der Waals surface area contributed by atoms with Gasteiger partial charge in [-0.2, -0.15) is 0 Å². The van der Waals surface area contributed by atoms with Gasteiger partial charge < -0.3 is 9.40 Å². The van der Waals surface area contributed by atoms with Crippen LogP contribution in [0.4, 0.5) is 0 Å². The van der Waals surface area contributed by atoms with Crippen molar-refractivity contribution in [3.8, 4) is 11.1 Å². The summed E-state index contributed by atoms with van der Waals surface area (Å²) < 4.78 is 5.06. The van der Waals surface area contributed by atoms with E-state index in [0.29, 0.717) is 0 Å². The molecule has 0 bridgehead atoms. The molecular formula is C11H8N2O. The van der Waals surface area contributed by atoms with Gasteiger partial charge in [0.25, 0.3) is 0 Å². The summed E-state index contributed by atoms with van der Waals surface area (Å²) in [7, 11) is 0. The average molecular weight is 184 g/mol. The number of aromatic amines is 1. The van der Waals surface area contributed by atoms with Crippen molar-refractivity contribution in [1.82, 2.24) is 9.97 Å². The van der Waals surface area contributed by atoms with E-state index in [1.807, 2.05) is 24.4 Å². The second kappa shape index (κ2) is 2.73. The van der Waals surface area contributed by atoms with E-state index < -0.39 is 0 Å². The van der Waals surface area contributed by atoms with Crippen LogP contribution in [0.1, 0.15) is 0 Å². The Morgan fingerprint density at radius 2 is 2.21 bits per heavy atom. The van der Waals surface area contributed by atoms with Crippen LogP contribution < -0.4 is 0 Å². The molecule has 3 aromatic heterocycles. The standard InChI is InChI=1S/C11H8N2O/c1-4-12-11-10(2-5-13-11)9(1)8-3-6-14-7-8/h1-7H,(H,12,13). The lowest BCUT2D eigenvalue weighted by atomic mass is 10.1. The van der Waals surface area contributed by atoms with Crippen LogP contribution in [0.3, 0.4) is 0 Å². The van der Waals surface area contributed by atoms with Crippen LogP contribution in [0.2, 0.25) is 0 Å². The van der Waals surface area contributed by atoms with Crippen LogP contribution in [0, 0.1) is 0 Å². The molecule has 0 aromatic carbocycles. The van der Waals surface area contributed by atoms with Crippen molar-refractivity contribution in [1.29, 1.82) is 0 Å². The number of pyridine rings is 1. The van der Waals surface area contributed by atoms with Crippen LogP contribution in [-0.4, -0.2) is 9.97 Å². The van der Waals surface area contributed by atoms with Crippen LogP contribution in [0.5, 0.6) is 0 Å². The second-order valence-electron chi connectivity index (χ2n) is 3.11. The molecule has 3 heteroatoms. The van der Waals surface area contributed by atoms with Gasteiger partial charge in [0.05, 0.1) is 12.5 Å². The average Bonchev–Trinajstić information content (AvgIpc) is 2.88. The normalized spacial score (nSPS) is 10.9. The highest BCUT2D eigenvalue weighted by Gasteiger charge is 2.05. The van der Waals surface area contributed by atoms with Crippen LogP contribution in [0.25, 0.3) is 22.2 Å². The molecule has 68 valence electrons. The number of nitrogens with zero attached hydrogens (tertiary/aromatic N) is 1. The topological polar surface area (TPSA) is 41.8 Å². The molecule has 14 heavy (non-hydrogen) atoms. The number of fused-ring (bicyclic) bond motifs is 1. The van der Waals surface area contributed by atoms with E-state index in [0.717, 1.165) is 22.2 Å². The Balaban J connectivity index is 2.36. The van der Waals surface area contributed by atoms with E-state index in [-0.39, 0.29) is 0 Å². The summed E-state index contributed by atoms with van der Waals surface area (Å²) in [5.41, 5.74) is 3.13. The molecule has 0 fully saturated rings. The number of hydrogen-bond acceptors (Lipinski definition) is 2. The highest BCUT2D eigenvalue weighted by atomic mass is 16.3. The summed E-state index contributed by atoms with van der Waals surface area (Å²) in [5.74, 6) is 0. The minimum atomic E-state index is 0.906. The summed E-state index contributed by atoms with van der Waals surface area (Å²) in [6, 6.07) is 5.95. The van der Waals surface area contributed by atoms with E-state index in [1.165, 1.54) is 0 Å². The van der Waals surface area contributed by atoms with Gasteiger partial charge in [0.1, 0.15) is 5.65 Å². The van der Waals surface area contributed by atoms with Crippen molar-refractivity contribution < 1.29 is 4.42 Å². The van der Waals surface area contributed by atoms with E-state index in [4.69, 9.17) is 4.42 Å². The van der Waals surface area contributed by atoms with Crippen molar-refractivity contribution in [3.05, 3.63) is 43.1 Å². The smallest absolute Gasteiger partial charge is 0.137 e. The molecule has 0 amide bonds. The molecule has 3 aromatic rings. The van der Waals surface area contributed by atoms with Crippen LogP contribution in [-0.2, 0) is 0 Å². The summed E-state index contributed by atoms with van der Waals surface area (Å²) in [6.45, 7) is 0. The molecule has 0 saturated carbocycles. The molecule has 0 unspecified atom stereocenters. The first kappa shape index (κ1) is 7.38. The Bertz CT molecular complexity index is 551. The van der Waals surface area contributed by atoms with Crippen molar-refractivity contribution in [3.63, 3.8) is 0 Å². The molecule has 0 spiro atoms. The largest absolute Gasteiger partial charge is 0.472 e. The first-order valence-electron chi connectivity index (χ1n) is 4.40. The second-order valence-corrected chi connectivity index (χ2v) is 3.11. The molecule has 0 aliphatic carbocycles. The van der Waals surface area contributed by atoms with Gasteiger partial charge in [0.15, 0.2) is 0 Å². The summed E-state index contributed by atoms with van der Waals surface area (Å²) in [4.78, 5) is 7.31. The van der Waals surface area contributed by atoms with Crippen molar-refractivity contribution >= 4 is 11.0 Å². The van der Waals surface area contributed by atoms with Gasteiger partial charge in [-0.1, -0.05) is 0 Å². The van der Waals surface area contributed by atoms with Gasteiger partial charge in [-0.3, -0.25) is 0 Å². The Morgan fingerprint density at radius 3 is 3.07 bits per heavy atom. The Labute approximate surface area is 80.4 Å². The number of rotatable bonds is 1. The van der Waals surface area contributed by atoms with Gasteiger partial charge in [-0.05, 0) is 23.8 Å². The maximum absolute atomic E-state index is 5.06. The van der Waals surface area contributed by atoms with Crippen LogP contribution in [0.15, 0.2) is 47.5 Å². The fourth-order valence-corrected chi connectivity index (χ4v) is 1.63. The number of aromatic nitrogens is 2. The third kappa shape index (κ3) is 0.956. The predicted octanol–water partition coefficient (Wildman–Crippen LogP) is 2.82. The number of H-pyrrole nitrogens is 1. The van der Waals surface area contributed by atoms with Crippen molar-refractivity contribution in [2.75, 3.05) is 0 Å². The van der Waals surface area contributed by atoms with E-state index in [1.54, 1.807) is 18.7 Å². The van der Waals surface area contributed by atoms with Crippen molar-refractivity contribution in [2.24, 2.45) is 0 Å². The number of furan rings is 1. The monoisotopic (exact) mass is 184 g/mol. The fraction of sp³-hybridized carbons (Fsp3) is 0. The molecule has 0 radical (unpaired) electrons. The fourth-order valence-electron chi connectivity index (χ4n) is 1.63. The Kier molecular flexibility index (Phi) is 1.44. The molecule has 0 aliphatic rings. The van der Waals surface area contributed by atoms with E-state index >= 15 is 0 Å². The molecule has 0 aliphatic heterocycles. The maximum Gasteiger partial charge on any atom is 0.137 e. The molecule has 0 atom stereocenters. The maximum atomic E-state index is 5.06. The highest BCUT2D eigenvalue weighted by molar-refractivity contribution is 5.92. The lowest BCUT2D eigenvalue weighted by Crippen LogP contribution is -1.79. The summed E-state index contributed by atoms with van der Waals surface area (Å²) >= 11 is 0. The predicted molar refractivity (Wildman–Crippen MR) is 53.8 cm³/mol. The molecular weight excluding hydrogens is 176 g/mol. The number of hydrogen-bond donors (Lipinski definition) is 1. The summed E-state index contributed by atoms with van der Waals surface area (Å²) in [5, 5.41) is 1.12. The van der Waals surface area contributed by atoms with Gasteiger partial charge in [-0.15, -0.1) is 0 Å². The zero-order valence-corrected chi connectivity index (χ0v) is 7.40. The Hall–Kier alpha value is -2.03. The lowest BCUT2D eigenvalue weighted by Gasteiger charge is -1.97. The van der Waals surface area contributed by atoms with Gasteiger partial charge in [-0.25, -0.2) is 4.98 Å². The zero-order chi connectivity index (χ0) is 9.38. The molecule has 3 heterocycles. The van der Waals surface area contributed by atoms with E-state index in [2.05, 4.69) is 9.97 Å². The van der Waals surface area contributed by atoms with Gasteiger partial charge >= 0.3 is 0 Å². The minimum absolute atomic E-state index is 0.906. The molecule has 3 rings (SSSR count). The Morgan fingerprint density at radius 1 is 1.21 bits per heavy atom. The molecule has 1 N–H and O–H groups in total. The van der Waals surface area contributed by atoms with Crippen molar-refractivity contribution in [2.45, 2.75) is 0 Å². The van der Waals surface area contributed by atoms with Gasteiger partial charge in [0.2, 0.25) is 0 Å². The SMILES string of the molecule is c1cc(-c2ccoc2)c2cc[nH]c2n1. The third-order valence-electron chi connectivity index (χ3n) is 2.29. The zero-order valence-electron chi connectivity index (χ0n) is 7.40. The minimum Gasteiger partial charge on any atom is -0.472 e. The first-order valence-corrected chi connectivity index (χ1v) is 4.40. The quantitative estimate of drug-likeness (QED) is 0.631. The molecule has 0 saturated heterocycles. The van der Waals surface area contributed by atoms with Gasteiger partial charge in [0, 0.05) is 23.3 Å². The van der Waals surface area contributed by atoms with Crippen LogP contribution >= 0.6 is 0 Å². The number of nitrogens with one attached hydrogen (secondary N) is 1. The molecule has 3 nitrogen and oxygen atoms in total. The lowest BCUT2D eigenvalue weighted by molar-refractivity contribution is 0.568. The highest BCUT2D eigenvalue weighted by Crippen LogP contribution is 2.26. The third-order valence-corrected chi connectivity index (χ3v) is 2.29.